The van der Waals surface area contributed by atoms with Gasteiger partial charge in [0.2, 0.25) is 0 Å². The molecule has 0 radical (unpaired) electrons. The minimum absolute atomic E-state index is 0.00168. The molecule has 1 atom stereocenters. The van der Waals surface area contributed by atoms with E-state index < -0.39 is 5.60 Å². The number of nitrogens with zero attached hydrogens (tertiary/aromatic N) is 5. The van der Waals surface area contributed by atoms with E-state index in [1.807, 2.05) is 52.9 Å². The molecule has 34 heavy (non-hydrogen) atoms. The Morgan fingerprint density at radius 2 is 1.74 bits per heavy atom. The number of anilines is 1. The molecule has 1 aromatic heterocycles. The number of para-hydroxylation sites is 1. The van der Waals surface area contributed by atoms with Gasteiger partial charge in [0.1, 0.15) is 5.82 Å². The number of amides is 1. The molecule has 2 fully saturated rings. The van der Waals surface area contributed by atoms with Crippen LogP contribution in [0.5, 0.6) is 0 Å². The van der Waals surface area contributed by atoms with Gasteiger partial charge in [-0.15, -0.1) is 0 Å². The average molecular weight is 460 g/mol. The third kappa shape index (κ3) is 4.86. The number of hydrogen-bond acceptors (Lipinski definition) is 5. The van der Waals surface area contributed by atoms with E-state index in [0.717, 1.165) is 37.6 Å². The van der Waals surface area contributed by atoms with Crippen molar-refractivity contribution in [1.29, 1.82) is 0 Å². The molecule has 1 amide bonds. The van der Waals surface area contributed by atoms with Gasteiger partial charge in [-0.05, 0) is 37.1 Å². The van der Waals surface area contributed by atoms with Crippen LogP contribution >= 0.6 is 0 Å². The second kappa shape index (κ2) is 9.60. The maximum atomic E-state index is 13.4. The van der Waals surface area contributed by atoms with E-state index in [0.29, 0.717) is 38.2 Å². The van der Waals surface area contributed by atoms with E-state index >= 15 is 0 Å². The number of carbonyl (C=O) groups is 1. The number of benzene rings is 2. The van der Waals surface area contributed by atoms with Crippen LogP contribution in [0.15, 0.2) is 67.0 Å². The lowest BCUT2D eigenvalue weighted by atomic mass is 10.0. The fourth-order valence-electron chi connectivity index (χ4n) is 5.17. The van der Waals surface area contributed by atoms with Crippen LogP contribution in [0.1, 0.15) is 28.2 Å². The fourth-order valence-corrected chi connectivity index (χ4v) is 5.17. The Morgan fingerprint density at radius 1 is 1.00 bits per heavy atom. The standard InChI is InChI=1S/C27H33N5O2/c1-22-28-12-14-31(22)19-23-7-5-6-10-25(23)26(33)32-13-11-27(34,21-32)20-29-15-17-30(18-16-29)24-8-3-2-4-9-24/h2-10,12,14,34H,11,13,15-21H2,1H3. The van der Waals surface area contributed by atoms with Gasteiger partial charge in [-0.3, -0.25) is 9.69 Å². The van der Waals surface area contributed by atoms with E-state index in [2.05, 4.69) is 39.0 Å². The normalized spacial score (nSPS) is 21.2. The number of aliphatic hydroxyl groups is 1. The molecular weight excluding hydrogens is 426 g/mol. The number of β-amino-alcohol motifs (C(OH)–C–C–N with tert-alkyl or cyclic N) is 1. The Balaban J connectivity index is 1.20. The fraction of sp³-hybridized carbons (Fsp3) is 0.407. The number of likely N-dealkylation sites (tertiary alicyclic amines) is 1. The predicted molar refractivity (Wildman–Crippen MR) is 133 cm³/mol. The monoisotopic (exact) mass is 459 g/mol. The third-order valence-corrected chi connectivity index (χ3v) is 7.14. The van der Waals surface area contributed by atoms with Crippen molar-refractivity contribution in [3.63, 3.8) is 0 Å². The molecule has 7 heteroatoms. The van der Waals surface area contributed by atoms with Gasteiger partial charge in [-0.1, -0.05) is 36.4 Å². The van der Waals surface area contributed by atoms with Crippen molar-refractivity contribution in [2.45, 2.75) is 25.5 Å². The number of aryl methyl sites for hydroxylation is 1. The summed E-state index contributed by atoms with van der Waals surface area (Å²) in [5.41, 5.74) is 2.07. The summed E-state index contributed by atoms with van der Waals surface area (Å²) in [6.07, 6.45) is 4.32. The van der Waals surface area contributed by atoms with Crippen molar-refractivity contribution < 1.29 is 9.90 Å². The third-order valence-electron chi connectivity index (χ3n) is 7.14. The lowest BCUT2D eigenvalue weighted by Gasteiger charge is -2.39. The second-order valence-electron chi connectivity index (χ2n) is 9.56. The molecule has 3 heterocycles. The molecule has 0 aliphatic carbocycles. The zero-order chi connectivity index (χ0) is 23.5. The van der Waals surface area contributed by atoms with Crippen LogP contribution < -0.4 is 4.90 Å². The lowest BCUT2D eigenvalue weighted by molar-refractivity contribution is 0.0103. The molecule has 2 saturated heterocycles. The van der Waals surface area contributed by atoms with Crippen molar-refractivity contribution in [2.75, 3.05) is 50.7 Å². The first-order valence-electron chi connectivity index (χ1n) is 12.1. The Hall–Kier alpha value is -3.16. The van der Waals surface area contributed by atoms with Crippen molar-refractivity contribution in [1.82, 2.24) is 19.4 Å². The minimum atomic E-state index is -0.861. The molecule has 0 bridgehead atoms. The van der Waals surface area contributed by atoms with Crippen LogP contribution in [0, 0.1) is 6.92 Å². The highest BCUT2D eigenvalue weighted by molar-refractivity contribution is 5.96. The van der Waals surface area contributed by atoms with Gasteiger partial charge in [-0.2, -0.15) is 0 Å². The van der Waals surface area contributed by atoms with E-state index in [9.17, 15) is 9.90 Å². The smallest absolute Gasteiger partial charge is 0.254 e. The molecule has 5 rings (SSSR count). The number of rotatable bonds is 6. The first-order chi connectivity index (χ1) is 16.5. The summed E-state index contributed by atoms with van der Waals surface area (Å²) in [6.45, 7) is 7.86. The molecule has 1 unspecified atom stereocenters. The Bertz CT molecular complexity index is 1120. The van der Waals surface area contributed by atoms with Gasteiger partial charge in [0.15, 0.2) is 0 Å². The van der Waals surface area contributed by atoms with Crippen molar-refractivity contribution in [3.05, 3.63) is 83.9 Å². The molecular formula is C27H33N5O2. The van der Waals surface area contributed by atoms with E-state index in [1.54, 1.807) is 6.20 Å². The summed E-state index contributed by atoms with van der Waals surface area (Å²) in [4.78, 5) is 24.3. The molecule has 1 N–H and O–H groups in total. The van der Waals surface area contributed by atoms with Gasteiger partial charge >= 0.3 is 0 Å². The van der Waals surface area contributed by atoms with Crippen LogP contribution in [0.25, 0.3) is 0 Å². The molecule has 178 valence electrons. The first kappa shape index (κ1) is 22.6. The van der Waals surface area contributed by atoms with Crippen LogP contribution in [0.3, 0.4) is 0 Å². The largest absolute Gasteiger partial charge is 0.387 e. The summed E-state index contributed by atoms with van der Waals surface area (Å²) in [5, 5.41) is 11.3. The zero-order valence-corrected chi connectivity index (χ0v) is 19.8. The predicted octanol–water partition coefficient (Wildman–Crippen LogP) is 2.64. The Kier molecular flexibility index (Phi) is 6.39. The minimum Gasteiger partial charge on any atom is -0.387 e. The van der Waals surface area contributed by atoms with Crippen molar-refractivity contribution in [2.24, 2.45) is 0 Å². The molecule has 3 aromatic rings. The SMILES string of the molecule is Cc1nccn1Cc1ccccc1C(=O)N1CCC(O)(CN2CCN(c3ccccc3)CC2)C1. The van der Waals surface area contributed by atoms with Gasteiger partial charge in [0.25, 0.3) is 5.91 Å². The van der Waals surface area contributed by atoms with E-state index in [1.165, 1.54) is 5.69 Å². The van der Waals surface area contributed by atoms with Crippen LogP contribution in [-0.4, -0.2) is 81.8 Å². The maximum Gasteiger partial charge on any atom is 0.254 e. The van der Waals surface area contributed by atoms with Crippen molar-refractivity contribution in [3.8, 4) is 0 Å². The number of imidazole rings is 1. The number of aromatic nitrogens is 2. The Morgan fingerprint density at radius 3 is 2.47 bits per heavy atom. The molecule has 0 spiro atoms. The molecule has 7 nitrogen and oxygen atoms in total. The van der Waals surface area contributed by atoms with Gasteiger partial charge in [0.05, 0.1) is 12.1 Å². The number of hydrogen-bond donors (Lipinski definition) is 1. The average Bonchev–Trinajstić information content (AvgIpc) is 3.45. The van der Waals surface area contributed by atoms with Gasteiger partial charge in [0, 0.05) is 69.5 Å². The van der Waals surface area contributed by atoms with Gasteiger partial charge < -0.3 is 19.5 Å². The van der Waals surface area contributed by atoms with E-state index in [4.69, 9.17) is 0 Å². The quantitative estimate of drug-likeness (QED) is 0.614. The summed E-state index contributed by atoms with van der Waals surface area (Å²) in [7, 11) is 0. The Labute approximate surface area is 201 Å². The highest BCUT2D eigenvalue weighted by Gasteiger charge is 2.40. The van der Waals surface area contributed by atoms with Gasteiger partial charge in [-0.25, -0.2) is 4.98 Å². The highest BCUT2D eigenvalue weighted by atomic mass is 16.3. The van der Waals surface area contributed by atoms with E-state index in [-0.39, 0.29) is 5.91 Å². The summed E-state index contributed by atoms with van der Waals surface area (Å²) in [6, 6.07) is 18.3. The number of carbonyl (C=O) groups excluding carboxylic acids is 1. The van der Waals surface area contributed by atoms with Crippen molar-refractivity contribution >= 4 is 11.6 Å². The summed E-state index contributed by atoms with van der Waals surface area (Å²) >= 11 is 0. The maximum absolute atomic E-state index is 13.4. The molecule has 2 aliphatic heterocycles. The first-order valence-corrected chi connectivity index (χ1v) is 12.1. The number of piperazine rings is 1. The summed E-state index contributed by atoms with van der Waals surface area (Å²) in [5.74, 6) is 0.920. The summed E-state index contributed by atoms with van der Waals surface area (Å²) < 4.78 is 2.04. The molecule has 2 aromatic carbocycles. The zero-order valence-electron chi connectivity index (χ0n) is 19.8. The lowest BCUT2D eigenvalue weighted by Crippen LogP contribution is -2.53. The van der Waals surface area contributed by atoms with Crippen LogP contribution in [0.4, 0.5) is 5.69 Å². The topological polar surface area (TPSA) is 64.8 Å². The molecule has 0 saturated carbocycles. The highest BCUT2D eigenvalue weighted by Crippen LogP contribution is 2.26. The van der Waals surface area contributed by atoms with Crippen LogP contribution in [-0.2, 0) is 6.54 Å². The molecule has 2 aliphatic rings. The second-order valence-corrected chi connectivity index (χ2v) is 9.56. The van der Waals surface area contributed by atoms with Crippen LogP contribution in [0.2, 0.25) is 0 Å².